The molecule has 1 aromatic heterocycles. The maximum atomic E-state index is 14.1. The van der Waals surface area contributed by atoms with Crippen LogP contribution in [0.5, 0.6) is 0 Å². The van der Waals surface area contributed by atoms with Crippen LogP contribution in [0.2, 0.25) is 0 Å². The first kappa shape index (κ1) is 35.8. The summed E-state index contributed by atoms with van der Waals surface area (Å²) in [6.07, 6.45) is -10.4. The molecule has 5 aromatic rings. The van der Waals surface area contributed by atoms with Gasteiger partial charge in [0.05, 0.1) is 36.0 Å². The molecule has 0 spiro atoms. The van der Waals surface area contributed by atoms with Gasteiger partial charge in [-0.15, -0.1) is 5.10 Å². The Morgan fingerprint density at radius 3 is 1.96 bits per heavy atom. The van der Waals surface area contributed by atoms with Crippen molar-refractivity contribution in [2.45, 2.75) is 74.5 Å². The fraction of sp³-hybridized carbons (Fsp3) is 0.359. The predicted molar refractivity (Wildman–Crippen MR) is 179 cm³/mol. The van der Waals surface area contributed by atoms with Gasteiger partial charge in [0.2, 0.25) is 0 Å². The average Bonchev–Trinajstić information content (AvgIpc) is 3.65. The lowest BCUT2D eigenvalue weighted by atomic mass is 9.78. The number of aryl methyl sites for hydroxylation is 1. The highest BCUT2D eigenvalue weighted by Gasteiger charge is 2.61. The minimum absolute atomic E-state index is 0.0388. The Labute approximate surface area is 297 Å². The minimum Gasteiger partial charge on any atom is -0.374 e. The average molecular weight is 722 g/mol. The minimum atomic E-state index is -5.02. The standard InChI is InChI=1S/C39H37F6N5O2/c1-49-36(46-47-48-49)32-22-37(29-15-9-4-10-16-29)35(18-17-33(32)50(37)23-26-11-5-2-6-12-26)52-34(25-51-24-27-13-7-3-8-14-27)28-19-30(38(40,41)42)21-31(20-28)39(43,44)45/h2-16,19-21,32-35H,17-18,22-25H2,1H3/t32-,33+,34+,35-,37-/m1/s1. The lowest BCUT2D eigenvalue weighted by Gasteiger charge is -2.51. The fourth-order valence-corrected chi connectivity index (χ4v) is 8.00. The van der Waals surface area contributed by atoms with Gasteiger partial charge in [-0.25, -0.2) is 4.68 Å². The molecule has 13 heteroatoms. The molecule has 7 nitrogen and oxygen atoms in total. The Morgan fingerprint density at radius 1 is 0.788 bits per heavy atom. The number of fused-ring (bicyclic) bond motifs is 2. The number of nitrogens with zero attached hydrogens (tertiary/aromatic N) is 5. The second-order valence-corrected chi connectivity index (χ2v) is 13.5. The van der Waals surface area contributed by atoms with Crippen LogP contribution in [0.1, 0.15) is 70.5 Å². The monoisotopic (exact) mass is 721 g/mol. The summed E-state index contributed by atoms with van der Waals surface area (Å²) in [4.78, 5) is 2.38. The third-order valence-corrected chi connectivity index (χ3v) is 10.3. The predicted octanol–water partition coefficient (Wildman–Crippen LogP) is 8.64. The van der Waals surface area contributed by atoms with Gasteiger partial charge in [-0.1, -0.05) is 91.0 Å². The molecule has 52 heavy (non-hydrogen) atoms. The zero-order valence-corrected chi connectivity index (χ0v) is 28.3. The molecule has 2 fully saturated rings. The lowest BCUT2D eigenvalue weighted by molar-refractivity contribution is -0.150. The van der Waals surface area contributed by atoms with E-state index in [1.54, 1.807) is 11.7 Å². The van der Waals surface area contributed by atoms with Gasteiger partial charge in [-0.2, -0.15) is 26.3 Å². The number of alkyl halides is 6. The highest BCUT2D eigenvalue weighted by atomic mass is 19.4. The molecule has 3 heterocycles. The SMILES string of the molecule is Cn1nnnc1[C@@H]1C[C@@]2(c3ccccc3)[C@H](O[C@@H](COCc3ccccc3)c3cc(C(F)(F)F)cc(C(F)(F)F)c3)CC[C@@H]1N2Cc1ccccc1. The summed E-state index contributed by atoms with van der Waals surface area (Å²) in [7, 11) is 1.79. The van der Waals surface area contributed by atoms with E-state index in [2.05, 4.69) is 20.4 Å². The topological polar surface area (TPSA) is 65.3 Å². The zero-order chi connectivity index (χ0) is 36.5. The van der Waals surface area contributed by atoms with Crippen molar-refractivity contribution in [3.05, 3.63) is 148 Å². The quantitative estimate of drug-likeness (QED) is 0.127. The molecular weight excluding hydrogens is 684 g/mol. The van der Waals surface area contributed by atoms with E-state index in [0.717, 1.165) is 28.8 Å². The summed E-state index contributed by atoms with van der Waals surface area (Å²) in [5.74, 6) is 0.549. The van der Waals surface area contributed by atoms with Crippen LogP contribution >= 0.6 is 0 Å². The maximum absolute atomic E-state index is 14.1. The van der Waals surface area contributed by atoms with E-state index in [-0.39, 0.29) is 36.8 Å². The van der Waals surface area contributed by atoms with Crippen molar-refractivity contribution in [2.24, 2.45) is 7.05 Å². The van der Waals surface area contributed by atoms with Gasteiger partial charge in [0, 0.05) is 25.6 Å². The van der Waals surface area contributed by atoms with Crippen LogP contribution in [0.25, 0.3) is 0 Å². The Kier molecular flexibility index (Phi) is 9.94. The first-order chi connectivity index (χ1) is 24.9. The van der Waals surface area contributed by atoms with Crippen LogP contribution in [-0.4, -0.2) is 43.9 Å². The van der Waals surface area contributed by atoms with Gasteiger partial charge in [0.1, 0.15) is 6.10 Å². The Morgan fingerprint density at radius 2 is 1.38 bits per heavy atom. The summed E-state index contributed by atoms with van der Waals surface area (Å²) in [5, 5.41) is 12.4. The van der Waals surface area contributed by atoms with E-state index in [4.69, 9.17) is 9.47 Å². The summed E-state index contributed by atoms with van der Waals surface area (Å²) in [6.45, 7) is 0.316. The largest absolute Gasteiger partial charge is 0.416 e. The molecule has 4 aromatic carbocycles. The van der Waals surface area contributed by atoms with Gasteiger partial charge < -0.3 is 9.47 Å². The van der Waals surface area contributed by atoms with E-state index in [0.29, 0.717) is 31.6 Å². The third kappa shape index (κ3) is 7.22. The first-order valence-electron chi connectivity index (χ1n) is 17.1. The number of halogens is 6. The van der Waals surface area contributed by atoms with E-state index < -0.39 is 41.2 Å². The fourth-order valence-electron chi connectivity index (χ4n) is 8.00. The summed E-state index contributed by atoms with van der Waals surface area (Å²) < 4.78 is 99.5. The molecule has 0 saturated carbocycles. The van der Waals surface area contributed by atoms with E-state index in [1.165, 1.54) is 0 Å². The second-order valence-electron chi connectivity index (χ2n) is 13.5. The van der Waals surface area contributed by atoms with Gasteiger partial charge >= 0.3 is 12.4 Å². The van der Waals surface area contributed by atoms with Crippen LogP contribution in [0.15, 0.2) is 109 Å². The number of hydrogen-bond donors (Lipinski definition) is 0. The molecule has 7 rings (SSSR count). The van der Waals surface area contributed by atoms with Crippen molar-refractivity contribution in [1.29, 1.82) is 0 Å². The van der Waals surface area contributed by atoms with Crippen molar-refractivity contribution in [2.75, 3.05) is 6.61 Å². The van der Waals surface area contributed by atoms with Crippen LogP contribution in [-0.2, 0) is 47.6 Å². The molecule has 272 valence electrons. The van der Waals surface area contributed by atoms with Crippen molar-refractivity contribution >= 4 is 0 Å². The molecule has 0 N–H and O–H groups in total. The second kappa shape index (κ2) is 14.4. The first-order valence-corrected chi connectivity index (χ1v) is 17.1. The highest BCUT2D eigenvalue weighted by Crippen LogP contribution is 2.58. The zero-order valence-electron chi connectivity index (χ0n) is 28.3. The molecule has 0 unspecified atom stereocenters. The highest BCUT2D eigenvalue weighted by molar-refractivity contribution is 5.37. The summed E-state index contributed by atoms with van der Waals surface area (Å²) >= 11 is 0. The van der Waals surface area contributed by atoms with Crippen LogP contribution < -0.4 is 0 Å². The number of benzene rings is 4. The van der Waals surface area contributed by atoms with Gasteiger partial charge in [-0.05, 0) is 70.1 Å². The molecule has 2 aliphatic rings. The number of aromatic nitrogens is 4. The smallest absolute Gasteiger partial charge is 0.374 e. The molecular formula is C39H37F6N5O2. The molecule has 5 atom stereocenters. The number of hydrogen-bond acceptors (Lipinski definition) is 6. The molecule has 0 aliphatic carbocycles. The normalized spacial score (nSPS) is 22.8. The maximum Gasteiger partial charge on any atom is 0.416 e. The van der Waals surface area contributed by atoms with Gasteiger partial charge in [-0.3, -0.25) is 4.90 Å². The number of piperidine rings is 1. The van der Waals surface area contributed by atoms with E-state index >= 15 is 0 Å². The van der Waals surface area contributed by atoms with Crippen LogP contribution in [0.3, 0.4) is 0 Å². The van der Waals surface area contributed by atoms with Crippen LogP contribution in [0.4, 0.5) is 26.3 Å². The molecule has 2 saturated heterocycles. The molecule has 0 radical (unpaired) electrons. The molecule has 2 aliphatic heterocycles. The lowest BCUT2D eigenvalue weighted by Crippen LogP contribution is -2.57. The van der Waals surface area contributed by atoms with Gasteiger partial charge in [0.25, 0.3) is 0 Å². The summed E-state index contributed by atoms with van der Waals surface area (Å²) in [5.41, 5.74) is -1.17. The van der Waals surface area contributed by atoms with E-state index in [9.17, 15) is 26.3 Å². The van der Waals surface area contributed by atoms with E-state index in [1.807, 2.05) is 91.0 Å². The number of tetrazole rings is 1. The van der Waals surface area contributed by atoms with Crippen LogP contribution in [0, 0.1) is 0 Å². The van der Waals surface area contributed by atoms with Crippen molar-refractivity contribution in [3.8, 4) is 0 Å². The Hall–Kier alpha value is -4.59. The number of ether oxygens (including phenoxy) is 2. The number of rotatable bonds is 11. The molecule has 2 bridgehead atoms. The summed E-state index contributed by atoms with van der Waals surface area (Å²) in [6, 6.07) is 30.4. The van der Waals surface area contributed by atoms with Crippen molar-refractivity contribution in [3.63, 3.8) is 0 Å². The third-order valence-electron chi connectivity index (χ3n) is 10.3. The Balaban J connectivity index is 1.34. The van der Waals surface area contributed by atoms with Crippen molar-refractivity contribution in [1.82, 2.24) is 25.1 Å². The van der Waals surface area contributed by atoms with Gasteiger partial charge in [0.15, 0.2) is 5.82 Å². The van der Waals surface area contributed by atoms with Crippen molar-refractivity contribution < 1.29 is 35.8 Å². The Bertz CT molecular complexity index is 1910. The molecule has 0 amide bonds.